The lowest BCUT2D eigenvalue weighted by Gasteiger charge is -2.43. The number of rotatable bonds is 4. The molecule has 0 aliphatic carbocycles. The number of nitrogens with one attached hydrogen (secondary N) is 1. The molecule has 9 nitrogen and oxygen atoms in total. The van der Waals surface area contributed by atoms with Crippen LogP contribution in [-0.4, -0.2) is 61.0 Å². The largest absolute Gasteiger partial charge is 0.370 e. The van der Waals surface area contributed by atoms with Crippen molar-refractivity contribution in [3.8, 4) is 0 Å². The lowest BCUT2D eigenvalue weighted by molar-refractivity contribution is -0.0991. The van der Waals surface area contributed by atoms with Crippen molar-refractivity contribution in [2.45, 2.75) is 64.8 Å². The number of aryl methyl sites for hydroxylation is 2. The molecule has 2 aliphatic heterocycles. The number of carbonyl (C=O) groups excluding carboxylic acids is 2. The minimum Gasteiger partial charge on any atom is -0.370 e. The Hall–Kier alpha value is -2.68. The van der Waals surface area contributed by atoms with E-state index in [4.69, 9.17) is 4.74 Å². The van der Waals surface area contributed by atoms with Crippen LogP contribution in [0.1, 0.15) is 65.8 Å². The fourth-order valence-electron chi connectivity index (χ4n) is 4.44. The highest BCUT2D eigenvalue weighted by Crippen LogP contribution is 2.37. The summed E-state index contributed by atoms with van der Waals surface area (Å²) in [5, 5.41) is 11.6. The van der Waals surface area contributed by atoms with E-state index in [1.165, 1.54) is 0 Å². The van der Waals surface area contributed by atoms with E-state index >= 15 is 0 Å². The third-order valence-corrected chi connectivity index (χ3v) is 6.12. The number of fused-ring (bicyclic) bond motifs is 1. The van der Waals surface area contributed by atoms with Gasteiger partial charge in [0.1, 0.15) is 5.69 Å². The SMILES string of the molecule is CCn1nccc1C(=O)N1CCC2(CC1)Cc1c(c(C(=O)NC(C)C)nn1C)CO2. The van der Waals surface area contributed by atoms with Gasteiger partial charge in [0, 0.05) is 56.6 Å². The van der Waals surface area contributed by atoms with E-state index in [0.717, 1.165) is 24.1 Å². The van der Waals surface area contributed by atoms with Gasteiger partial charge in [0.25, 0.3) is 11.8 Å². The number of aromatic nitrogens is 4. The zero-order chi connectivity index (χ0) is 21.5. The predicted octanol–water partition coefficient (Wildman–Crippen LogP) is 1.52. The second-order valence-electron chi connectivity index (χ2n) is 8.50. The van der Waals surface area contributed by atoms with Crippen LogP contribution < -0.4 is 5.32 Å². The van der Waals surface area contributed by atoms with Crippen LogP contribution >= 0.6 is 0 Å². The van der Waals surface area contributed by atoms with E-state index in [2.05, 4.69) is 15.5 Å². The maximum absolute atomic E-state index is 12.9. The third-order valence-electron chi connectivity index (χ3n) is 6.12. The molecule has 1 saturated heterocycles. The molecule has 0 radical (unpaired) electrons. The van der Waals surface area contributed by atoms with Gasteiger partial charge in [0.05, 0.1) is 12.2 Å². The van der Waals surface area contributed by atoms with Gasteiger partial charge in [-0.1, -0.05) is 0 Å². The van der Waals surface area contributed by atoms with Crippen molar-refractivity contribution >= 4 is 11.8 Å². The fourth-order valence-corrected chi connectivity index (χ4v) is 4.44. The zero-order valence-corrected chi connectivity index (χ0v) is 18.1. The van der Waals surface area contributed by atoms with Gasteiger partial charge < -0.3 is 15.0 Å². The Morgan fingerprint density at radius 1 is 1.30 bits per heavy atom. The Kier molecular flexibility index (Phi) is 5.40. The first kappa shape index (κ1) is 20.6. The molecule has 1 spiro atoms. The maximum Gasteiger partial charge on any atom is 0.272 e. The van der Waals surface area contributed by atoms with Gasteiger partial charge in [-0.15, -0.1) is 0 Å². The van der Waals surface area contributed by atoms with Crippen molar-refractivity contribution < 1.29 is 14.3 Å². The molecule has 4 rings (SSSR count). The molecule has 1 N–H and O–H groups in total. The molecule has 0 unspecified atom stereocenters. The Labute approximate surface area is 176 Å². The van der Waals surface area contributed by atoms with Gasteiger partial charge in [-0.2, -0.15) is 10.2 Å². The second-order valence-corrected chi connectivity index (χ2v) is 8.50. The first-order chi connectivity index (χ1) is 14.3. The third kappa shape index (κ3) is 3.62. The van der Waals surface area contributed by atoms with Crippen molar-refractivity contribution in [1.29, 1.82) is 0 Å². The second kappa shape index (κ2) is 7.86. The number of amides is 2. The van der Waals surface area contributed by atoms with E-state index in [9.17, 15) is 9.59 Å². The van der Waals surface area contributed by atoms with Crippen LogP contribution in [0.15, 0.2) is 12.3 Å². The molecule has 1 fully saturated rings. The van der Waals surface area contributed by atoms with Crippen LogP contribution in [0, 0.1) is 0 Å². The lowest BCUT2D eigenvalue weighted by atomic mass is 9.83. The van der Waals surface area contributed by atoms with Gasteiger partial charge in [-0.25, -0.2) is 0 Å². The van der Waals surface area contributed by atoms with Gasteiger partial charge in [-0.05, 0) is 39.7 Å². The van der Waals surface area contributed by atoms with E-state index < -0.39 is 0 Å². The minimum atomic E-state index is -0.311. The number of ether oxygens (including phenoxy) is 1. The lowest BCUT2D eigenvalue weighted by Crippen LogP contribution is -2.51. The Bertz CT molecular complexity index is 952. The van der Waals surface area contributed by atoms with Crippen molar-refractivity contribution in [2.75, 3.05) is 13.1 Å². The summed E-state index contributed by atoms with van der Waals surface area (Å²) in [4.78, 5) is 27.3. The van der Waals surface area contributed by atoms with E-state index in [0.29, 0.717) is 44.0 Å². The monoisotopic (exact) mass is 414 g/mol. The zero-order valence-electron chi connectivity index (χ0n) is 18.1. The number of likely N-dealkylation sites (tertiary alicyclic amines) is 1. The number of carbonyl (C=O) groups is 2. The summed E-state index contributed by atoms with van der Waals surface area (Å²) >= 11 is 0. The number of hydrogen-bond donors (Lipinski definition) is 1. The Morgan fingerprint density at radius 2 is 2.03 bits per heavy atom. The summed E-state index contributed by atoms with van der Waals surface area (Å²) in [6, 6.07) is 1.83. The normalized spacial score (nSPS) is 18.0. The average Bonchev–Trinajstić information content (AvgIpc) is 3.32. The molecular formula is C21H30N6O3. The first-order valence-corrected chi connectivity index (χ1v) is 10.6. The number of hydrogen-bond acceptors (Lipinski definition) is 5. The topological polar surface area (TPSA) is 94.3 Å². The van der Waals surface area contributed by atoms with Crippen LogP contribution in [0.4, 0.5) is 0 Å². The fraction of sp³-hybridized carbons (Fsp3) is 0.619. The van der Waals surface area contributed by atoms with Crippen LogP contribution in [-0.2, 0) is 31.4 Å². The van der Waals surface area contributed by atoms with E-state index in [1.54, 1.807) is 16.9 Å². The highest BCUT2D eigenvalue weighted by atomic mass is 16.5. The number of piperidine rings is 1. The molecule has 0 aromatic carbocycles. The molecule has 0 saturated carbocycles. The summed E-state index contributed by atoms with van der Waals surface area (Å²) in [5.74, 6) is -0.136. The molecule has 30 heavy (non-hydrogen) atoms. The van der Waals surface area contributed by atoms with Crippen LogP contribution in [0.2, 0.25) is 0 Å². The Morgan fingerprint density at radius 3 is 2.70 bits per heavy atom. The molecule has 2 aromatic rings. The smallest absolute Gasteiger partial charge is 0.272 e. The molecule has 2 amide bonds. The minimum absolute atomic E-state index is 0.0221. The molecule has 0 atom stereocenters. The quantitative estimate of drug-likeness (QED) is 0.819. The van der Waals surface area contributed by atoms with E-state index in [-0.39, 0.29) is 23.5 Å². The van der Waals surface area contributed by atoms with Crippen LogP contribution in [0.3, 0.4) is 0 Å². The highest BCUT2D eigenvalue weighted by molar-refractivity contribution is 5.94. The van der Waals surface area contributed by atoms with Crippen molar-refractivity contribution in [3.05, 3.63) is 34.9 Å². The molecule has 2 aromatic heterocycles. The van der Waals surface area contributed by atoms with Crippen molar-refractivity contribution in [1.82, 2.24) is 29.8 Å². The van der Waals surface area contributed by atoms with Crippen LogP contribution in [0.25, 0.3) is 0 Å². The van der Waals surface area contributed by atoms with E-state index in [1.807, 2.05) is 37.4 Å². The van der Waals surface area contributed by atoms with Crippen LogP contribution in [0.5, 0.6) is 0 Å². The van der Waals surface area contributed by atoms with Gasteiger partial charge >= 0.3 is 0 Å². The molecule has 9 heteroatoms. The summed E-state index contributed by atoms with van der Waals surface area (Å²) in [7, 11) is 1.88. The average molecular weight is 415 g/mol. The first-order valence-electron chi connectivity index (χ1n) is 10.6. The van der Waals surface area contributed by atoms with Crippen molar-refractivity contribution in [2.24, 2.45) is 7.05 Å². The van der Waals surface area contributed by atoms with Crippen molar-refractivity contribution in [3.63, 3.8) is 0 Å². The number of nitrogens with zero attached hydrogens (tertiary/aromatic N) is 5. The standard InChI is InChI=1S/C21H30N6O3/c1-5-27-16(6-9-22-27)20(29)26-10-7-21(8-11-26)12-17-15(13-30-21)18(24-25(17)4)19(28)23-14(2)3/h6,9,14H,5,7-8,10-13H2,1-4H3,(H,23,28). The summed E-state index contributed by atoms with van der Waals surface area (Å²) in [5.41, 5.74) is 2.71. The van der Waals surface area contributed by atoms with Gasteiger partial charge in [0.15, 0.2) is 5.69 Å². The summed E-state index contributed by atoms with van der Waals surface area (Å²) in [6.07, 6.45) is 3.90. The summed E-state index contributed by atoms with van der Waals surface area (Å²) in [6.45, 7) is 8.17. The molecule has 0 bridgehead atoms. The van der Waals surface area contributed by atoms with Gasteiger partial charge in [0.2, 0.25) is 0 Å². The molecule has 4 heterocycles. The molecule has 2 aliphatic rings. The predicted molar refractivity (Wildman–Crippen MR) is 110 cm³/mol. The molecular weight excluding hydrogens is 384 g/mol. The maximum atomic E-state index is 12.9. The molecule has 162 valence electrons. The Balaban J connectivity index is 1.46. The highest BCUT2D eigenvalue weighted by Gasteiger charge is 2.42. The summed E-state index contributed by atoms with van der Waals surface area (Å²) < 4.78 is 9.86. The van der Waals surface area contributed by atoms with Gasteiger partial charge in [-0.3, -0.25) is 19.0 Å².